The molecule has 0 aromatic rings. The topological polar surface area (TPSA) is 38.3 Å². The number of amides is 1. The maximum atomic E-state index is 11.8. The molecule has 1 spiro atoms. The fraction of sp³-hybridized carbons (Fsp3) is 0.923. The lowest BCUT2D eigenvalue weighted by Gasteiger charge is -2.42. The van der Waals surface area contributed by atoms with Gasteiger partial charge in [-0.25, -0.2) is 0 Å². The molecule has 1 saturated carbocycles. The monoisotopic (exact) mass is 223 g/mol. The SMILES string of the molecule is CCC1(C2CC(=O)NC23CCOCC3)CC1. The summed E-state index contributed by atoms with van der Waals surface area (Å²) in [4.78, 5) is 11.8. The van der Waals surface area contributed by atoms with Crippen molar-refractivity contribution in [1.29, 1.82) is 0 Å². The maximum Gasteiger partial charge on any atom is 0.220 e. The molecule has 1 unspecified atom stereocenters. The molecule has 1 aliphatic carbocycles. The van der Waals surface area contributed by atoms with E-state index in [4.69, 9.17) is 4.74 Å². The van der Waals surface area contributed by atoms with E-state index in [1.165, 1.54) is 19.3 Å². The van der Waals surface area contributed by atoms with E-state index < -0.39 is 0 Å². The summed E-state index contributed by atoms with van der Waals surface area (Å²) in [6.45, 7) is 3.91. The van der Waals surface area contributed by atoms with Gasteiger partial charge in [-0.1, -0.05) is 13.3 Å². The van der Waals surface area contributed by atoms with Gasteiger partial charge in [0.05, 0.1) is 0 Å². The summed E-state index contributed by atoms with van der Waals surface area (Å²) >= 11 is 0. The van der Waals surface area contributed by atoms with Crippen LogP contribution in [0, 0.1) is 11.3 Å². The van der Waals surface area contributed by atoms with Crippen LogP contribution in [-0.2, 0) is 9.53 Å². The molecular weight excluding hydrogens is 202 g/mol. The third-order valence-electron chi connectivity index (χ3n) is 5.17. The molecule has 0 aromatic carbocycles. The zero-order valence-electron chi connectivity index (χ0n) is 10.1. The third-order valence-corrected chi connectivity index (χ3v) is 5.17. The fourth-order valence-corrected chi connectivity index (χ4v) is 3.92. The first kappa shape index (κ1) is 10.6. The number of rotatable bonds is 2. The molecule has 3 fully saturated rings. The lowest BCUT2D eigenvalue weighted by molar-refractivity contribution is -0.120. The van der Waals surface area contributed by atoms with Gasteiger partial charge in [0.1, 0.15) is 0 Å². The molecule has 0 bridgehead atoms. The van der Waals surface area contributed by atoms with Gasteiger partial charge in [0, 0.05) is 25.2 Å². The van der Waals surface area contributed by atoms with Gasteiger partial charge in [-0.2, -0.15) is 0 Å². The predicted octanol–water partition coefficient (Wildman–Crippen LogP) is 1.86. The Balaban J connectivity index is 1.87. The van der Waals surface area contributed by atoms with E-state index in [0.29, 0.717) is 11.3 Å². The number of nitrogens with one attached hydrogen (secondary N) is 1. The van der Waals surface area contributed by atoms with Crippen molar-refractivity contribution in [2.75, 3.05) is 13.2 Å². The van der Waals surface area contributed by atoms with E-state index in [2.05, 4.69) is 12.2 Å². The number of carbonyl (C=O) groups is 1. The van der Waals surface area contributed by atoms with Crippen LogP contribution < -0.4 is 5.32 Å². The van der Waals surface area contributed by atoms with Crippen LogP contribution >= 0.6 is 0 Å². The largest absolute Gasteiger partial charge is 0.381 e. The van der Waals surface area contributed by atoms with Crippen molar-refractivity contribution >= 4 is 5.91 Å². The Labute approximate surface area is 96.9 Å². The summed E-state index contributed by atoms with van der Waals surface area (Å²) in [5.74, 6) is 0.841. The van der Waals surface area contributed by atoms with Crippen LogP contribution in [0.1, 0.15) is 45.4 Å². The number of ether oxygens (including phenoxy) is 1. The summed E-state index contributed by atoms with van der Waals surface area (Å²) in [5, 5.41) is 3.28. The Morgan fingerprint density at radius 3 is 2.56 bits per heavy atom. The summed E-state index contributed by atoms with van der Waals surface area (Å²) in [6, 6.07) is 0. The normalized spacial score (nSPS) is 35.1. The van der Waals surface area contributed by atoms with E-state index in [-0.39, 0.29) is 11.4 Å². The number of hydrogen-bond acceptors (Lipinski definition) is 2. The first-order chi connectivity index (χ1) is 7.71. The molecule has 1 N–H and O–H groups in total. The molecule has 0 aromatic heterocycles. The van der Waals surface area contributed by atoms with Crippen LogP contribution in [0.5, 0.6) is 0 Å². The summed E-state index contributed by atoms with van der Waals surface area (Å²) < 4.78 is 5.46. The zero-order valence-corrected chi connectivity index (χ0v) is 10.1. The van der Waals surface area contributed by atoms with Gasteiger partial charge in [-0.3, -0.25) is 4.79 Å². The molecule has 3 heteroatoms. The Kier molecular flexibility index (Phi) is 2.29. The molecule has 2 saturated heterocycles. The molecule has 1 amide bonds. The third kappa shape index (κ3) is 1.41. The standard InChI is InChI=1S/C13H21NO2/c1-2-12(3-4-12)10-9-11(15)14-13(10)5-7-16-8-6-13/h10H,2-9H2,1H3,(H,14,15). The summed E-state index contributed by atoms with van der Waals surface area (Å²) in [5.41, 5.74) is 0.568. The molecule has 3 nitrogen and oxygen atoms in total. The van der Waals surface area contributed by atoms with Gasteiger partial charge in [-0.15, -0.1) is 0 Å². The Morgan fingerprint density at radius 2 is 2.00 bits per heavy atom. The van der Waals surface area contributed by atoms with Gasteiger partial charge in [0.2, 0.25) is 5.91 Å². The number of carbonyl (C=O) groups excluding carboxylic acids is 1. The highest BCUT2D eigenvalue weighted by Gasteiger charge is 2.60. The predicted molar refractivity (Wildman–Crippen MR) is 61.0 cm³/mol. The van der Waals surface area contributed by atoms with Gasteiger partial charge in [0.15, 0.2) is 0 Å². The van der Waals surface area contributed by atoms with Crippen LogP contribution in [0.25, 0.3) is 0 Å². The molecule has 90 valence electrons. The average molecular weight is 223 g/mol. The van der Waals surface area contributed by atoms with Crippen molar-refractivity contribution < 1.29 is 9.53 Å². The molecule has 16 heavy (non-hydrogen) atoms. The molecule has 2 aliphatic heterocycles. The molecule has 3 rings (SSSR count). The smallest absolute Gasteiger partial charge is 0.220 e. The van der Waals surface area contributed by atoms with Crippen molar-refractivity contribution in [3.8, 4) is 0 Å². The highest BCUT2D eigenvalue weighted by atomic mass is 16.5. The van der Waals surface area contributed by atoms with Crippen molar-refractivity contribution in [3.05, 3.63) is 0 Å². The summed E-state index contributed by atoms with van der Waals surface area (Å²) in [6.07, 6.45) is 6.68. The second-order valence-electron chi connectivity index (χ2n) is 5.79. The van der Waals surface area contributed by atoms with Gasteiger partial charge in [-0.05, 0) is 37.0 Å². The van der Waals surface area contributed by atoms with E-state index in [1.807, 2.05) is 0 Å². The molecule has 1 atom stereocenters. The van der Waals surface area contributed by atoms with Crippen molar-refractivity contribution in [3.63, 3.8) is 0 Å². The van der Waals surface area contributed by atoms with Crippen molar-refractivity contribution in [2.45, 2.75) is 51.0 Å². The van der Waals surface area contributed by atoms with Crippen LogP contribution in [0.15, 0.2) is 0 Å². The Hall–Kier alpha value is -0.570. The zero-order chi connectivity index (χ0) is 11.2. The minimum atomic E-state index is 0.0852. The highest BCUT2D eigenvalue weighted by Crippen LogP contribution is 2.61. The second-order valence-corrected chi connectivity index (χ2v) is 5.79. The van der Waals surface area contributed by atoms with Crippen LogP contribution in [0.2, 0.25) is 0 Å². The van der Waals surface area contributed by atoms with E-state index in [0.717, 1.165) is 32.5 Å². The van der Waals surface area contributed by atoms with Crippen LogP contribution in [-0.4, -0.2) is 24.7 Å². The van der Waals surface area contributed by atoms with E-state index >= 15 is 0 Å². The molecule has 3 aliphatic rings. The van der Waals surface area contributed by atoms with E-state index in [9.17, 15) is 4.79 Å². The minimum absolute atomic E-state index is 0.0852. The fourth-order valence-electron chi connectivity index (χ4n) is 3.92. The second kappa shape index (κ2) is 3.46. The average Bonchev–Trinajstić information content (AvgIpc) is 3.02. The first-order valence-electron chi connectivity index (χ1n) is 6.60. The molecule has 2 heterocycles. The molecular formula is C13H21NO2. The maximum absolute atomic E-state index is 11.8. The van der Waals surface area contributed by atoms with Crippen molar-refractivity contribution in [1.82, 2.24) is 5.32 Å². The van der Waals surface area contributed by atoms with E-state index in [1.54, 1.807) is 0 Å². The van der Waals surface area contributed by atoms with Crippen LogP contribution in [0.3, 0.4) is 0 Å². The first-order valence-corrected chi connectivity index (χ1v) is 6.60. The van der Waals surface area contributed by atoms with Gasteiger partial charge < -0.3 is 10.1 Å². The summed E-state index contributed by atoms with van der Waals surface area (Å²) in [7, 11) is 0. The van der Waals surface area contributed by atoms with Gasteiger partial charge >= 0.3 is 0 Å². The quantitative estimate of drug-likeness (QED) is 0.776. The van der Waals surface area contributed by atoms with Gasteiger partial charge in [0.25, 0.3) is 0 Å². The van der Waals surface area contributed by atoms with Crippen molar-refractivity contribution in [2.24, 2.45) is 11.3 Å². The lowest BCUT2D eigenvalue weighted by Crippen LogP contribution is -2.52. The Bertz CT molecular complexity index is 303. The lowest BCUT2D eigenvalue weighted by atomic mass is 9.70. The highest BCUT2D eigenvalue weighted by molar-refractivity contribution is 5.80. The molecule has 0 radical (unpaired) electrons. The Morgan fingerprint density at radius 1 is 1.31 bits per heavy atom. The number of hydrogen-bond donors (Lipinski definition) is 1. The van der Waals surface area contributed by atoms with Crippen LogP contribution in [0.4, 0.5) is 0 Å². The minimum Gasteiger partial charge on any atom is -0.381 e.